The van der Waals surface area contributed by atoms with Crippen molar-refractivity contribution in [2.45, 2.75) is 396 Å². The molecule has 0 spiro atoms. The maximum absolute atomic E-state index is 13.9. The van der Waals surface area contributed by atoms with Crippen LogP contribution in [0, 0.1) is 0 Å². The standard InChI is InChI=1S/C68H129N2O20P/c1-5-9-13-17-21-25-29-33-37-41-51(72)45-57(76)69-61-65(88-59(78)47-53(74)43-39-35-31-27-23-19-15-11-7-3)63(80)55(49-71)86-67(61)85-50-56-64(81)66(89-60(79)48-54(75)44-40-36-32-28-24-20-16-12-8-4)62(68(87-56)90-91(82,83)84)70-58(77)46-52(73)42-38-34-30-26-22-18-14-10-6-2/h51-56,61-68,71-75,80-81H,5-50H2,1-4H3,(H,69,76)(H,70,77)(H2,82,83,84). The number of carbonyl (C=O) groups is 4. The highest BCUT2D eigenvalue weighted by molar-refractivity contribution is 7.46. The largest absolute Gasteiger partial charge is 0.472 e. The van der Waals surface area contributed by atoms with Gasteiger partial charge < -0.3 is 79.9 Å². The first-order valence-corrected chi connectivity index (χ1v) is 37.6. The van der Waals surface area contributed by atoms with Crippen LogP contribution in [0.4, 0.5) is 0 Å². The third-order valence-electron chi connectivity index (χ3n) is 17.6. The number of rotatable bonds is 58. The molecule has 0 aromatic heterocycles. The molecule has 2 saturated heterocycles. The molecule has 2 fully saturated rings. The number of hydrogen-bond acceptors (Lipinski definition) is 18. The van der Waals surface area contributed by atoms with Crippen molar-refractivity contribution < 1.29 is 97.5 Å². The number of amides is 2. The molecule has 22 nitrogen and oxygen atoms in total. The van der Waals surface area contributed by atoms with Gasteiger partial charge in [0.25, 0.3) is 0 Å². The summed E-state index contributed by atoms with van der Waals surface area (Å²) >= 11 is 0. The molecule has 0 saturated carbocycles. The molecule has 11 N–H and O–H groups in total. The van der Waals surface area contributed by atoms with Gasteiger partial charge in [0.2, 0.25) is 11.8 Å². The monoisotopic (exact) mass is 1320 g/mol. The van der Waals surface area contributed by atoms with Crippen molar-refractivity contribution in [3.05, 3.63) is 0 Å². The van der Waals surface area contributed by atoms with Crippen molar-refractivity contribution in [2.75, 3.05) is 13.2 Å². The Balaban J connectivity index is 2.43. The van der Waals surface area contributed by atoms with E-state index in [1.165, 1.54) is 70.6 Å². The SMILES string of the molecule is CCCCCCCCCCCC(O)CC(=O)NC1C(OCC2OC(OP(=O)(O)O)C(NC(=O)CC(O)CCCCCCCCCCC)C(OC(=O)CC(O)CCCCCCCCCCC)C2O)OC(CO)C(O)C1OC(=O)CC(O)CCCCCCCCCCC. The fourth-order valence-electron chi connectivity index (χ4n) is 12.1. The van der Waals surface area contributed by atoms with Gasteiger partial charge in [0, 0.05) is 0 Å². The van der Waals surface area contributed by atoms with Crippen LogP contribution in [-0.4, -0.2) is 168 Å². The molecule has 14 atom stereocenters. The number of phosphoric ester groups is 1. The van der Waals surface area contributed by atoms with Crippen molar-refractivity contribution >= 4 is 31.6 Å². The summed E-state index contributed by atoms with van der Waals surface area (Å²) in [6.07, 6.45) is 17.3. The van der Waals surface area contributed by atoms with E-state index in [1.807, 2.05) is 0 Å². The van der Waals surface area contributed by atoms with Gasteiger partial charge in [-0.05, 0) is 25.7 Å². The zero-order valence-electron chi connectivity index (χ0n) is 56.6. The quantitative estimate of drug-likeness (QED) is 0.0153. The van der Waals surface area contributed by atoms with Gasteiger partial charge in [0.1, 0.15) is 36.5 Å². The molecule has 0 radical (unpaired) electrons. The molecule has 91 heavy (non-hydrogen) atoms. The molecule has 2 aliphatic heterocycles. The first kappa shape index (κ1) is 84.7. The predicted molar refractivity (Wildman–Crippen MR) is 349 cm³/mol. The summed E-state index contributed by atoms with van der Waals surface area (Å²) in [5.74, 6) is -3.62. The number of aliphatic hydroxyl groups excluding tert-OH is 7. The molecule has 0 bridgehead atoms. The van der Waals surface area contributed by atoms with E-state index >= 15 is 0 Å². The Kier molecular flexibility index (Phi) is 49.1. The van der Waals surface area contributed by atoms with E-state index in [0.29, 0.717) is 38.5 Å². The average Bonchev–Trinajstić information content (AvgIpc) is 1.02. The average molecular weight is 1330 g/mol. The molecular formula is C68H129N2O20P. The summed E-state index contributed by atoms with van der Waals surface area (Å²) in [5, 5.41) is 83.4. The summed E-state index contributed by atoms with van der Waals surface area (Å²) < 4.78 is 47.5. The minimum absolute atomic E-state index is 0.246. The molecule has 2 aliphatic rings. The lowest BCUT2D eigenvalue weighted by Crippen LogP contribution is -2.67. The number of hydrogen-bond donors (Lipinski definition) is 11. The summed E-state index contributed by atoms with van der Waals surface area (Å²) in [6.45, 7) is 6.95. The normalized spacial score (nSPS) is 23.3. The number of unbranched alkanes of at least 4 members (excludes halogenated alkanes) is 32. The maximum atomic E-state index is 13.9. The summed E-state index contributed by atoms with van der Waals surface area (Å²) in [6, 6.07) is -3.44. The van der Waals surface area contributed by atoms with Crippen LogP contribution < -0.4 is 10.6 Å². The van der Waals surface area contributed by atoms with Gasteiger partial charge in [-0.2, -0.15) is 0 Å². The second-order valence-electron chi connectivity index (χ2n) is 26.2. The van der Waals surface area contributed by atoms with Crippen LogP contribution in [0.25, 0.3) is 0 Å². The molecule has 2 heterocycles. The smallest absolute Gasteiger partial charge is 0.457 e. The Bertz CT molecular complexity index is 1890. The zero-order chi connectivity index (χ0) is 67.1. The first-order chi connectivity index (χ1) is 43.8. The Morgan fingerprint density at radius 1 is 0.418 bits per heavy atom. The van der Waals surface area contributed by atoms with Gasteiger partial charge in [-0.1, -0.05) is 259 Å². The fraction of sp³-hybridized carbons (Fsp3) is 0.941. The van der Waals surface area contributed by atoms with Crippen molar-refractivity contribution in [1.29, 1.82) is 0 Å². The number of esters is 2. The van der Waals surface area contributed by atoms with Gasteiger partial charge in [0.15, 0.2) is 24.8 Å². The van der Waals surface area contributed by atoms with Crippen molar-refractivity contribution in [3.8, 4) is 0 Å². The van der Waals surface area contributed by atoms with Gasteiger partial charge in [-0.15, -0.1) is 0 Å². The van der Waals surface area contributed by atoms with E-state index < -0.39 is 156 Å². The highest BCUT2D eigenvalue weighted by Crippen LogP contribution is 2.41. The van der Waals surface area contributed by atoms with Crippen LogP contribution in [0.15, 0.2) is 0 Å². The number of nitrogens with one attached hydrogen (secondary N) is 2. The van der Waals surface area contributed by atoms with E-state index in [4.69, 9.17) is 28.2 Å². The van der Waals surface area contributed by atoms with Gasteiger partial charge in [-0.3, -0.25) is 23.7 Å². The minimum Gasteiger partial charge on any atom is -0.457 e. The van der Waals surface area contributed by atoms with Crippen LogP contribution in [-0.2, 0) is 52.0 Å². The van der Waals surface area contributed by atoms with Gasteiger partial charge in [-0.25, -0.2) is 4.57 Å². The second-order valence-corrected chi connectivity index (χ2v) is 27.4. The molecule has 0 aliphatic carbocycles. The molecular weight excluding hydrogens is 1200 g/mol. The van der Waals surface area contributed by atoms with Crippen molar-refractivity contribution in [1.82, 2.24) is 10.6 Å². The minimum atomic E-state index is -5.54. The van der Waals surface area contributed by atoms with Gasteiger partial charge in [0.05, 0.1) is 63.3 Å². The van der Waals surface area contributed by atoms with E-state index in [1.54, 1.807) is 0 Å². The van der Waals surface area contributed by atoms with E-state index in [9.17, 15) is 69.3 Å². The Hall–Kier alpha value is -2.41. The molecule has 2 rings (SSSR count). The van der Waals surface area contributed by atoms with Crippen LogP contribution in [0.5, 0.6) is 0 Å². The molecule has 0 aromatic carbocycles. The lowest BCUT2D eigenvalue weighted by molar-refractivity contribution is -0.298. The number of aliphatic hydroxyl groups is 7. The Morgan fingerprint density at radius 3 is 1.00 bits per heavy atom. The number of ether oxygens (including phenoxy) is 5. The molecule has 23 heteroatoms. The first-order valence-electron chi connectivity index (χ1n) is 36.1. The van der Waals surface area contributed by atoms with Crippen LogP contribution >= 0.6 is 7.82 Å². The van der Waals surface area contributed by atoms with Gasteiger partial charge >= 0.3 is 19.8 Å². The lowest BCUT2D eigenvalue weighted by Gasteiger charge is -2.46. The molecule has 0 aromatic rings. The molecule has 536 valence electrons. The summed E-state index contributed by atoms with van der Waals surface area (Å²) in [7, 11) is -5.54. The van der Waals surface area contributed by atoms with E-state index in [2.05, 4.69) is 38.3 Å². The van der Waals surface area contributed by atoms with Crippen molar-refractivity contribution in [3.63, 3.8) is 0 Å². The molecule has 14 unspecified atom stereocenters. The van der Waals surface area contributed by atoms with Crippen LogP contribution in [0.1, 0.15) is 310 Å². The van der Waals surface area contributed by atoms with Crippen LogP contribution in [0.3, 0.4) is 0 Å². The Labute approximate surface area is 546 Å². The predicted octanol–water partition coefficient (Wildman–Crippen LogP) is 10.8. The molecule has 2 amide bonds. The maximum Gasteiger partial charge on any atom is 0.472 e. The fourth-order valence-corrected chi connectivity index (χ4v) is 12.6. The Morgan fingerprint density at radius 2 is 0.692 bits per heavy atom. The van der Waals surface area contributed by atoms with Crippen molar-refractivity contribution in [2.24, 2.45) is 0 Å². The number of carbonyl (C=O) groups excluding carboxylic acids is 4. The highest BCUT2D eigenvalue weighted by Gasteiger charge is 2.53. The van der Waals surface area contributed by atoms with Crippen LogP contribution in [0.2, 0.25) is 0 Å². The summed E-state index contributed by atoms with van der Waals surface area (Å²) in [4.78, 5) is 75.5. The topological polar surface area (TPSA) is 347 Å². The number of phosphoric acid groups is 1. The third kappa shape index (κ3) is 40.7. The summed E-state index contributed by atoms with van der Waals surface area (Å²) in [5.41, 5.74) is 0. The highest BCUT2D eigenvalue weighted by atomic mass is 31.2. The van der Waals surface area contributed by atoms with E-state index in [0.717, 1.165) is 135 Å². The zero-order valence-corrected chi connectivity index (χ0v) is 57.5. The second kappa shape index (κ2) is 52.7. The third-order valence-corrected chi connectivity index (χ3v) is 18.1. The lowest BCUT2D eigenvalue weighted by atomic mass is 9.95. The van der Waals surface area contributed by atoms with E-state index in [-0.39, 0.29) is 12.8 Å².